The fourth-order valence-electron chi connectivity index (χ4n) is 2.50. The summed E-state index contributed by atoms with van der Waals surface area (Å²) in [4.78, 5) is 10.0. The number of aliphatic hydroxyl groups is 1. The largest absolute Gasteiger partial charge is 0.390 e. The molecule has 1 atom stereocenters. The van der Waals surface area contributed by atoms with Gasteiger partial charge in [0.25, 0.3) is 0 Å². The van der Waals surface area contributed by atoms with Gasteiger partial charge in [0.1, 0.15) is 12.4 Å². The van der Waals surface area contributed by atoms with Crippen LogP contribution in [0.2, 0.25) is 0 Å². The highest BCUT2D eigenvalue weighted by Crippen LogP contribution is 2.23. The minimum Gasteiger partial charge on any atom is -0.390 e. The molecular formula is C12H20N4O3. The zero-order valence-corrected chi connectivity index (χ0v) is 10.9. The molecule has 7 nitrogen and oxygen atoms in total. The van der Waals surface area contributed by atoms with Crippen molar-refractivity contribution in [2.24, 2.45) is 5.92 Å². The molecule has 7 heteroatoms. The van der Waals surface area contributed by atoms with Gasteiger partial charge in [0.15, 0.2) is 0 Å². The normalized spacial score (nSPS) is 17.7. The summed E-state index contributed by atoms with van der Waals surface area (Å²) in [5.74, 6) is 0.734. The maximum absolute atomic E-state index is 10.5. The molecule has 1 aromatic heterocycles. The lowest BCUT2D eigenvalue weighted by molar-refractivity contribution is -0.385. The van der Waals surface area contributed by atoms with Crippen LogP contribution in [0.5, 0.6) is 0 Å². The van der Waals surface area contributed by atoms with Gasteiger partial charge in [-0.25, -0.2) is 0 Å². The summed E-state index contributed by atoms with van der Waals surface area (Å²) >= 11 is 0. The first-order valence-corrected chi connectivity index (χ1v) is 6.71. The van der Waals surface area contributed by atoms with Crippen molar-refractivity contribution in [1.29, 1.82) is 0 Å². The Morgan fingerprint density at radius 2 is 2.32 bits per heavy atom. The minimum atomic E-state index is -0.582. The molecule has 1 fully saturated rings. The second kappa shape index (κ2) is 6.63. The van der Waals surface area contributed by atoms with Crippen molar-refractivity contribution < 1.29 is 10.0 Å². The quantitative estimate of drug-likeness (QED) is 0.567. The second-order valence-corrected chi connectivity index (χ2v) is 5.14. The molecule has 1 aliphatic rings. The van der Waals surface area contributed by atoms with Crippen molar-refractivity contribution in [3.63, 3.8) is 0 Å². The van der Waals surface area contributed by atoms with Crippen LogP contribution >= 0.6 is 0 Å². The summed E-state index contributed by atoms with van der Waals surface area (Å²) in [5.41, 5.74) is -0.0499. The van der Waals surface area contributed by atoms with Crippen LogP contribution in [0.3, 0.4) is 0 Å². The number of hydrogen-bond donors (Lipinski definition) is 2. The first-order chi connectivity index (χ1) is 9.15. The highest BCUT2D eigenvalue weighted by Gasteiger charge is 2.15. The number of aliphatic hydroxyl groups excluding tert-OH is 1. The van der Waals surface area contributed by atoms with E-state index in [0.717, 1.165) is 12.5 Å². The third-order valence-electron chi connectivity index (χ3n) is 3.52. The maximum atomic E-state index is 10.5. The second-order valence-electron chi connectivity index (χ2n) is 5.14. The van der Waals surface area contributed by atoms with Gasteiger partial charge in [0.05, 0.1) is 17.6 Å². The SMILES string of the molecule is O=[N+]([O-])c1cnn(CC(O)CNCC2CCCC2)c1. The van der Waals surface area contributed by atoms with Gasteiger partial charge in [-0.3, -0.25) is 14.8 Å². The summed E-state index contributed by atoms with van der Waals surface area (Å²) in [6.07, 6.45) is 7.11. The van der Waals surface area contributed by atoms with Crippen LogP contribution < -0.4 is 5.32 Å². The molecule has 1 unspecified atom stereocenters. The Bertz CT molecular complexity index is 415. The number of nitrogens with one attached hydrogen (secondary N) is 1. The molecule has 0 radical (unpaired) electrons. The molecule has 0 bridgehead atoms. The lowest BCUT2D eigenvalue weighted by Crippen LogP contribution is -2.33. The van der Waals surface area contributed by atoms with Gasteiger partial charge in [-0.05, 0) is 25.3 Å². The van der Waals surface area contributed by atoms with E-state index in [1.54, 1.807) is 0 Å². The van der Waals surface area contributed by atoms with Crippen molar-refractivity contribution in [3.05, 3.63) is 22.5 Å². The fourth-order valence-corrected chi connectivity index (χ4v) is 2.50. The molecule has 0 aromatic carbocycles. The van der Waals surface area contributed by atoms with Crippen LogP contribution in [-0.4, -0.2) is 39.0 Å². The molecule has 2 N–H and O–H groups in total. The molecule has 1 saturated carbocycles. The Morgan fingerprint density at radius 1 is 1.58 bits per heavy atom. The number of nitro groups is 1. The molecule has 1 heterocycles. The predicted octanol–water partition coefficient (Wildman–Crippen LogP) is 0.932. The molecule has 1 aromatic rings. The predicted molar refractivity (Wildman–Crippen MR) is 69.7 cm³/mol. The van der Waals surface area contributed by atoms with Gasteiger partial charge in [0.2, 0.25) is 0 Å². The zero-order chi connectivity index (χ0) is 13.7. The van der Waals surface area contributed by atoms with E-state index in [2.05, 4.69) is 10.4 Å². The van der Waals surface area contributed by atoms with Gasteiger partial charge in [-0.1, -0.05) is 12.8 Å². The van der Waals surface area contributed by atoms with E-state index in [-0.39, 0.29) is 12.2 Å². The average Bonchev–Trinajstić information content (AvgIpc) is 3.00. The highest BCUT2D eigenvalue weighted by atomic mass is 16.6. The van der Waals surface area contributed by atoms with E-state index in [1.165, 1.54) is 42.8 Å². The van der Waals surface area contributed by atoms with E-state index in [0.29, 0.717) is 6.54 Å². The van der Waals surface area contributed by atoms with Crippen LogP contribution in [0.4, 0.5) is 5.69 Å². The Morgan fingerprint density at radius 3 is 2.95 bits per heavy atom. The highest BCUT2D eigenvalue weighted by molar-refractivity contribution is 5.20. The lowest BCUT2D eigenvalue weighted by atomic mass is 10.1. The van der Waals surface area contributed by atoms with E-state index in [9.17, 15) is 15.2 Å². The molecule has 1 aliphatic carbocycles. The molecule has 106 valence electrons. The zero-order valence-electron chi connectivity index (χ0n) is 10.9. The fraction of sp³-hybridized carbons (Fsp3) is 0.750. The molecule has 0 saturated heterocycles. The van der Waals surface area contributed by atoms with E-state index >= 15 is 0 Å². The molecular weight excluding hydrogens is 248 g/mol. The Hall–Kier alpha value is -1.47. The molecule has 0 spiro atoms. The Kier molecular flexibility index (Phi) is 4.86. The monoisotopic (exact) mass is 268 g/mol. The van der Waals surface area contributed by atoms with Crippen molar-refractivity contribution in [2.45, 2.75) is 38.3 Å². The van der Waals surface area contributed by atoms with Gasteiger partial charge >= 0.3 is 5.69 Å². The Balaban J connectivity index is 1.67. The standard InChI is InChI=1S/C12H20N4O3/c17-12(7-13-5-10-3-1-2-4-10)9-15-8-11(6-14-15)16(18)19/h6,8,10,12-13,17H,1-5,7,9H2. The summed E-state index contributed by atoms with van der Waals surface area (Å²) in [6.45, 7) is 1.70. The van der Waals surface area contributed by atoms with E-state index < -0.39 is 11.0 Å². The summed E-state index contributed by atoms with van der Waals surface area (Å²) in [5, 5.41) is 27.4. The van der Waals surface area contributed by atoms with Crippen LogP contribution in [-0.2, 0) is 6.54 Å². The van der Waals surface area contributed by atoms with Crippen molar-refractivity contribution in [3.8, 4) is 0 Å². The first-order valence-electron chi connectivity index (χ1n) is 6.71. The molecule has 0 amide bonds. The van der Waals surface area contributed by atoms with Crippen molar-refractivity contribution >= 4 is 5.69 Å². The summed E-state index contributed by atoms with van der Waals surface area (Å²) < 4.78 is 1.40. The smallest absolute Gasteiger partial charge is 0.306 e. The molecule has 19 heavy (non-hydrogen) atoms. The van der Waals surface area contributed by atoms with Crippen molar-refractivity contribution in [1.82, 2.24) is 15.1 Å². The average molecular weight is 268 g/mol. The van der Waals surface area contributed by atoms with Crippen LogP contribution in [0.15, 0.2) is 12.4 Å². The van der Waals surface area contributed by atoms with Crippen LogP contribution in [0.25, 0.3) is 0 Å². The van der Waals surface area contributed by atoms with E-state index in [4.69, 9.17) is 0 Å². The molecule has 0 aliphatic heterocycles. The van der Waals surface area contributed by atoms with Gasteiger partial charge in [0, 0.05) is 6.54 Å². The number of hydrogen-bond acceptors (Lipinski definition) is 5. The van der Waals surface area contributed by atoms with Crippen LogP contribution in [0, 0.1) is 16.0 Å². The number of rotatable bonds is 7. The summed E-state index contributed by atoms with van der Waals surface area (Å²) in [6, 6.07) is 0. The maximum Gasteiger partial charge on any atom is 0.306 e. The lowest BCUT2D eigenvalue weighted by Gasteiger charge is -2.14. The third-order valence-corrected chi connectivity index (χ3v) is 3.52. The summed E-state index contributed by atoms with van der Waals surface area (Å²) in [7, 11) is 0. The first kappa shape index (κ1) is 14.0. The Labute approximate surface area is 111 Å². The minimum absolute atomic E-state index is 0.0499. The third kappa shape index (κ3) is 4.29. The number of nitrogens with zero attached hydrogens (tertiary/aromatic N) is 3. The number of aromatic nitrogens is 2. The topological polar surface area (TPSA) is 93.2 Å². The van der Waals surface area contributed by atoms with Gasteiger partial charge < -0.3 is 10.4 Å². The van der Waals surface area contributed by atoms with Gasteiger partial charge in [-0.15, -0.1) is 0 Å². The molecule has 2 rings (SSSR count). The van der Waals surface area contributed by atoms with Crippen molar-refractivity contribution in [2.75, 3.05) is 13.1 Å². The van der Waals surface area contributed by atoms with Crippen LogP contribution in [0.1, 0.15) is 25.7 Å². The van der Waals surface area contributed by atoms with E-state index in [1.807, 2.05) is 0 Å². The van der Waals surface area contributed by atoms with Gasteiger partial charge in [-0.2, -0.15) is 5.10 Å².